The summed E-state index contributed by atoms with van der Waals surface area (Å²) in [4.78, 5) is 24.5. The first-order valence-corrected chi connectivity index (χ1v) is 17.6. The Morgan fingerprint density at radius 1 is 0.489 bits per heavy atom. The molecule has 0 atom stereocenters. The van der Waals surface area contributed by atoms with Gasteiger partial charge in [0, 0.05) is 25.2 Å². The molecule has 2 amide bonds. The van der Waals surface area contributed by atoms with E-state index >= 15 is 0 Å². The maximum Gasteiger partial charge on any atom is 0.244 e. The highest BCUT2D eigenvalue weighted by molar-refractivity contribution is 5.89. The van der Waals surface area contributed by atoms with Crippen molar-refractivity contribution in [1.82, 2.24) is 10.6 Å². The Balaban J connectivity index is 4.43. The minimum absolute atomic E-state index is 0.135. The lowest BCUT2D eigenvalue weighted by molar-refractivity contribution is -0.116. The van der Waals surface area contributed by atoms with Gasteiger partial charge in [0.25, 0.3) is 0 Å². The average Bonchev–Trinajstić information content (AvgIpc) is 2.96. The van der Waals surface area contributed by atoms with Crippen molar-refractivity contribution in [3.8, 4) is 0 Å². The van der Waals surface area contributed by atoms with Gasteiger partial charge in [-0.1, -0.05) is 136 Å². The molecule has 0 aliphatic rings. The van der Waals surface area contributed by atoms with E-state index in [0.717, 1.165) is 47.0 Å². The maximum absolute atomic E-state index is 12.2. The summed E-state index contributed by atoms with van der Waals surface area (Å²) in [6.45, 7) is 22.4. The molecule has 0 heterocycles. The zero-order chi connectivity index (χ0) is 35.5. The van der Waals surface area contributed by atoms with Gasteiger partial charge >= 0.3 is 0 Å². The highest BCUT2D eigenvalue weighted by atomic mass is 16.2. The van der Waals surface area contributed by atoms with Gasteiger partial charge in [0.05, 0.1) is 0 Å². The van der Waals surface area contributed by atoms with E-state index < -0.39 is 0 Å². The van der Waals surface area contributed by atoms with Crippen LogP contribution in [0.15, 0.2) is 119 Å². The molecule has 4 heteroatoms. The summed E-state index contributed by atoms with van der Waals surface area (Å²) in [5, 5.41) is 5.76. The Labute approximate surface area is 289 Å². The van der Waals surface area contributed by atoms with Crippen LogP contribution in [0, 0.1) is 11.8 Å². The normalized spacial score (nSPS) is 14.6. The predicted octanol–water partition coefficient (Wildman–Crippen LogP) is 11.2. The van der Waals surface area contributed by atoms with Gasteiger partial charge < -0.3 is 10.6 Å². The van der Waals surface area contributed by atoms with Gasteiger partial charge in [-0.2, -0.15) is 0 Å². The molecule has 2 N–H and O–H groups in total. The fourth-order valence-corrected chi connectivity index (χ4v) is 4.41. The van der Waals surface area contributed by atoms with Crippen LogP contribution in [0.5, 0.6) is 0 Å². The first-order valence-electron chi connectivity index (χ1n) is 17.6. The van der Waals surface area contributed by atoms with E-state index in [2.05, 4.69) is 102 Å². The van der Waals surface area contributed by atoms with Gasteiger partial charge in [-0.15, -0.1) is 0 Å². The second kappa shape index (κ2) is 27.5. The predicted molar refractivity (Wildman–Crippen MR) is 207 cm³/mol. The van der Waals surface area contributed by atoms with Crippen molar-refractivity contribution in [2.75, 3.05) is 13.1 Å². The Morgan fingerprint density at radius 3 is 1.19 bits per heavy atom. The van der Waals surface area contributed by atoms with Crippen LogP contribution in [0.3, 0.4) is 0 Å². The summed E-state index contributed by atoms with van der Waals surface area (Å²) in [7, 11) is 0. The van der Waals surface area contributed by atoms with Gasteiger partial charge in [0.1, 0.15) is 0 Å². The Bertz CT molecular complexity index is 1140. The molecular weight excluding hydrogens is 576 g/mol. The quantitative estimate of drug-likeness (QED) is 0.0701. The third kappa shape index (κ3) is 29.5. The number of nitrogens with one attached hydrogen (secondary N) is 2. The largest absolute Gasteiger partial charge is 0.352 e. The van der Waals surface area contributed by atoms with Crippen molar-refractivity contribution in [2.45, 2.75) is 114 Å². The molecule has 0 aliphatic carbocycles. The van der Waals surface area contributed by atoms with Crippen LogP contribution >= 0.6 is 0 Å². The summed E-state index contributed by atoms with van der Waals surface area (Å²) in [6.07, 6.45) is 35.8. The van der Waals surface area contributed by atoms with Crippen molar-refractivity contribution in [3.05, 3.63) is 119 Å². The average molecular weight is 643 g/mol. The minimum atomic E-state index is -0.135. The van der Waals surface area contributed by atoms with Gasteiger partial charge in [0.15, 0.2) is 0 Å². The summed E-state index contributed by atoms with van der Waals surface area (Å²) in [5.41, 5.74) is 6.85. The highest BCUT2D eigenvalue weighted by Gasteiger charge is 1.99. The molecule has 0 aliphatic heterocycles. The van der Waals surface area contributed by atoms with E-state index in [1.54, 1.807) is 12.2 Å². The van der Waals surface area contributed by atoms with Crippen molar-refractivity contribution in [1.29, 1.82) is 0 Å². The monoisotopic (exact) mass is 643 g/mol. The smallest absolute Gasteiger partial charge is 0.244 e. The molecule has 0 rings (SSSR count). The van der Waals surface area contributed by atoms with E-state index in [4.69, 9.17) is 0 Å². The van der Waals surface area contributed by atoms with E-state index in [0.29, 0.717) is 19.5 Å². The summed E-state index contributed by atoms with van der Waals surface area (Å²) >= 11 is 0. The molecule has 0 unspecified atom stereocenters. The fourth-order valence-electron chi connectivity index (χ4n) is 4.41. The van der Waals surface area contributed by atoms with E-state index in [-0.39, 0.29) is 11.8 Å². The van der Waals surface area contributed by atoms with Crippen molar-refractivity contribution in [2.24, 2.45) is 11.8 Å². The summed E-state index contributed by atoms with van der Waals surface area (Å²) < 4.78 is 0. The number of hydrogen-bond donors (Lipinski definition) is 2. The molecule has 0 radical (unpaired) electrons. The summed E-state index contributed by atoms with van der Waals surface area (Å²) in [5.74, 6) is 1.25. The molecule has 0 aromatic heterocycles. The van der Waals surface area contributed by atoms with Crippen LogP contribution in [0.25, 0.3) is 0 Å². The number of hydrogen-bond acceptors (Lipinski definition) is 2. The van der Waals surface area contributed by atoms with Crippen molar-refractivity contribution < 1.29 is 9.59 Å². The standard InChI is InChI=1S/C43H66N2O2/c1-34(2)18-11-20-36(5)22-13-24-38(7)26-15-28-40(9)32-42(46)44-30-17-31-45-43(47)33-41(10)29-16-27-39(8)25-14-23-37(6)21-12-19-35(3)4/h13-16,22-29,32-35H,11-12,17-21,30-31H2,1-10H3,(H,44,46)(H,45,47)/b24-13+,25-14+,28-15+,29-16+,36-22+,37-23+,38-26+,39-27+,40-32+,41-33+. The van der Waals surface area contributed by atoms with Gasteiger partial charge in [-0.25, -0.2) is 0 Å². The Hall–Kier alpha value is -3.66. The molecule has 0 saturated heterocycles. The number of allylic oxidation sites excluding steroid dienone is 18. The number of carbonyl (C=O) groups excluding carboxylic acids is 2. The molecule has 0 fully saturated rings. The highest BCUT2D eigenvalue weighted by Crippen LogP contribution is 2.13. The maximum atomic E-state index is 12.2. The van der Waals surface area contributed by atoms with Crippen LogP contribution in [0.1, 0.15) is 114 Å². The van der Waals surface area contributed by atoms with Crippen molar-refractivity contribution >= 4 is 11.8 Å². The van der Waals surface area contributed by atoms with E-state index in [1.807, 2.05) is 50.3 Å². The third-order valence-electron chi connectivity index (χ3n) is 7.29. The molecule has 0 saturated carbocycles. The zero-order valence-electron chi connectivity index (χ0n) is 31.4. The van der Waals surface area contributed by atoms with E-state index in [1.165, 1.54) is 36.8 Å². The zero-order valence-corrected chi connectivity index (χ0v) is 31.4. The first-order chi connectivity index (χ1) is 22.3. The Morgan fingerprint density at radius 2 is 0.830 bits per heavy atom. The van der Waals surface area contributed by atoms with Gasteiger partial charge in [-0.05, 0) is 96.6 Å². The molecular formula is C43H66N2O2. The minimum Gasteiger partial charge on any atom is -0.352 e. The van der Waals surface area contributed by atoms with Gasteiger partial charge in [0.2, 0.25) is 11.8 Å². The van der Waals surface area contributed by atoms with Crippen LogP contribution in [-0.2, 0) is 9.59 Å². The second-order valence-electron chi connectivity index (χ2n) is 13.6. The van der Waals surface area contributed by atoms with Crippen LogP contribution in [-0.4, -0.2) is 24.9 Å². The van der Waals surface area contributed by atoms with Crippen molar-refractivity contribution in [3.63, 3.8) is 0 Å². The Kier molecular flexibility index (Phi) is 25.3. The molecule has 0 spiro atoms. The fraction of sp³-hybridized carbons (Fsp3) is 0.488. The van der Waals surface area contributed by atoms with E-state index in [9.17, 15) is 9.59 Å². The lowest BCUT2D eigenvalue weighted by atomic mass is 10.0. The lowest BCUT2D eigenvalue weighted by Gasteiger charge is -2.04. The number of rotatable bonds is 22. The van der Waals surface area contributed by atoms with Crippen LogP contribution < -0.4 is 10.6 Å². The topological polar surface area (TPSA) is 58.2 Å². The molecule has 260 valence electrons. The van der Waals surface area contributed by atoms with Crippen LogP contribution in [0.4, 0.5) is 0 Å². The molecule has 4 nitrogen and oxygen atoms in total. The lowest BCUT2D eigenvalue weighted by Crippen LogP contribution is -2.28. The molecule has 47 heavy (non-hydrogen) atoms. The molecule has 0 aromatic rings. The molecule has 0 bridgehead atoms. The SMILES string of the molecule is CC(/C=C/C=C(\C)CCCC(C)C)=C\C=C\C(C)=C\C(=O)NCCCNC(=O)/C=C(C)/C=C/C=C(C)/C=C/C=C(\C)CCCC(C)C. The molecule has 0 aromatic carbocycles. The van der Waals surface area contributed by atoms with Gasteiger partial charge in [-0.3, -0.25) is 9.59 Å². The summed E-state index contributed by atoms with van der Waals surface area (Å²) in [6, 6.07) is 0. The third-order valence-corrected chi connectivity index (χ3v) is 7.29. The first kappa shape index (κ1) is 43.3. The number of amides is 2. The second-order valence-corrected chi connectivity index (χ2v) is 13.6. The number of carbonyl (C=O) groups is 2. The van der Waals surface area contributed by atoms with Crippen LogP contribution in [0.2, 0.25) is 0 Å².